The number of ether oxygens (including phenoxy) is 1. The molecule has 32 heavy (non-hydrogen) atoms. The molecular weight excluding hydrogens is 540 g/mol. The molecule has 3 aromatic rings. The highest BCUT2D eigenvalue weighted by molar-refractivity contribution is 14.1. The van der Waals surface area contributed by atoms with Gasteiger partial charge < -0.3 is 19.0 Å². The molecule has 0 aliphatic carbocycles. The van der Waals surface area contributed by atoms with Gasteiger partial charge in [0.15, 0.2) is 5.58 Å². The average molecular weight is 560 g/mol. The van der Waals surface area contributed by atoms with Crippen molar-refractivity contribution in [3.8, 4) is 5.75 Å². The van der Waals surface area contributed by atoms with Gasteiger partial charge in [0.2, 0.25) is 5.65 Å². The number of fused-ring (bicyclic) bond motifs is 1. The van der Waals surface area contributed by atoms with E-state index in [0.29, 0.717) is 58.3 Å². The number of rotatable bonds is 5. The number of benzene rings is 1. The first-order valence-electron chi connectivity index (χ1n) is 9.97. The molecule has 1 aliphatic rings. The predicted octanol–water partition coefficient (Wildman–Crippen LogP) is 4.43. The molecule has 4 rings (SSSR count). The van der Waals surface area contributed by atoms with Gasteiger partial charge in [0.1, 0.15) is 5.75 Å². The highest BCUT2D eigenvalue weighted by Crippen LogP contribution is 2.26. The minimum Gasteiger partial charge on any atom is -0.492 e. The topological polar surface area (TPSA) is 71.7 Å². The summed E-state index contributed by atoms with van der Waals surface area (Å²) in [5.41, 5.74) is 2.51. The lowest BCUT2D eigenvalue weighted by atomic mass is 10.1. The molecule has 1 fully saturated rings. The van der Waals surface area contributed by atoms with Crippen LogP contribution < -0.4 is 9.64 Å². The van der Waals surface area contributed by atoms with E-state index in [2.05, 4.69) is 9.97 Å². The van der Waals surface area contributed by atoms with Crippen molar-refractivity contribution in [3.63, 3.8) is 0 Å². The summed E-state index contributed by atoms with van der Waals surface area (Å²) in [6.45, 7) is 3.54. The first-order valence-corrected chi connectivity index (χ1v) is 11.0. The Bertz CT molecular complexity index is 1130. The van der Waals surface area contributed by atoms with Gasteiger partial charge in [-0.25, -0.2) is 4.98 Å². The lowest BCUT2D eigenvalue weighted by Gasteiger charge is -2.33. The van der Waals surface area contributed by atoms with Crippen LogP contribution in [0.5, 0.6) is 5.75 Å². The van der Waals surface area contributed by atoms with Gasteiger partial charge in [-0.15, -0.1) is 0 Å². The quantitative estimate of drug-likeness (QED) is 0.431. The van der Waals surface area contributed by atoms with Crippen molar-refractivity contribution in [1.29, 1.82) is 0 Å². The summed E-state index contributed by atoms with van der Waals surface area (Å²) in [5, 5.41) is 0. The Balaban J connectivity index is 1.36. The molecule has 1 amide bonds. The molecule has 11 heteroatoms. The Morgan fingerprint density at radius 2 is 1.91 bits per heavy atom. The number of aromatic nitrogens is 2. The summed E-state index contributed by atoms with van der Waals surface area (Å²) >= 11 is 1.96. The normalized spacial score (nSPS) is 14.8. The molecule has 2 aromatic heterocycles. The molecule has 7 nitrogen and oxygen atoms in total. The van der Waals surface area contributed by atoms with E-state index < -0.39 is 19.2 Å². The molecule has 0 radical (unpaired) electrons. The predicted molar refractivity (Wildman–Crippen MR) is 120 cm³/mol. The van der Waals surface area contributed by atoms with Crippen molar-refractivity contribution in [2.24, 2.45) is 0 Å². The third kappa shape index (κ3) is 5.25. The van der Waals surface area contributed by atoms with Crippen LogP contribution in [0.15, 0.2) is 34.7 Å². The summed E-state index contributed by atoms with van der Waals surface area (Å²) in [4.78, 5) is 25.4. The van der Waals surface area contributed by atoms with Gasteiger partial charge in [0.05, 0.1) is 16.6 Å². The van der Waals surface area contributed by atoms with Gasteiger partial charge in [-0.2, -0.15) is 18.2 Å². The number of pyridine rings is 1. The minimum absolute atomic E-state index is 0.140. The summed E-state index contributed by atoms with van der Waals surface area (Å²) in [5.74, 6) is 0.190. The van der Waals surface area contributed by atoms with E-state index in [0.717, 1.165) is 5.69 Å². The van der Waals surface area contributed by atoms with E-state index >= 15 is 0 Å². The van der Waals surface area contributed by atoms with Crippen LogP contribution in [0.2, 0.25) is 0 Å². The zero-order valence-corrected chi connectivity index (χ0v) is 19.3. The lowest BCUT2D eigenvalue weighted by molar-refractivity contribution is -0.139. The maximum Gasteiger partial charge on any atom is 0.392 e. The van der Waals surface area contributed by atoms with Crippen LogP contribution in [0.25, 0.3) is 11.2 Å². The second kappa shape index (κ2) is 9.12. The molecule has 0 N–H and O–H groups in total. The second-order valence-corrected chi connectivity index (χ2v) is 8.57. The molecule has 1 saturated heterocycles. The van der Waals surface area contributed by atoms with Crippen molar-refractivity contribution in [2.75, 3.05) is 37.7 Å². The van der Waals surface area contributed by atoms with Crippen LogP contribution in [-0.2, 0) is 0 Å². The Morgan fingerprint density at radius 1 is 1.16 bits per heavy atom. The fraction of sp³-hybridized carbons (Fsp3) is 0.381. The fourth-order valence-corrected chi connectivity index (χ4v) is 4.02. The smallest absolute Gasteiger partial charge is 0.392 e. The average Bonchev–Trinajstić information content (AvgIpc) is 3.17. The van der Waals surface area contributed by atoms with E-state index in [4.69, 9.17) is 9.15 Å². The number of hydrogen-bond acceptors (Lipinski definition) is 6. The number of piperazine rings is 1. The van der Waals surface area contributed by atoms with E-state index in [1.54, 1.807) is 17.0 Å². The second-order valence-electron chi connectivity index (χ2n) is 7.41. The Kier molecular flexibility index (Phi) is 6.45. The highest BCUT2D eigenvalue weighted by atomic mass is 127. The van der Waals surface area contributed by atoms with E-state index in [9.17, 15) is 18.0 Å². The Labute approximate surface area is 195 Å². The third-order valence-electron chi connectivity index (χ3n) is 5.04. The largest absolute Gasteiger partial charge is 0.492 e. The van der Waals surface area contributed by atoms with Gasteiger partial charge in [-0.1, -0.05) is 0 Å². The van der Waals surface area contributed by atoms with E-state index in [1.807, 2.05) is 46.5 Å². The van der Waals surface area contributed by atoms with Crippen LogP contribution in [-0.4, -0.2) is 59.7 Å². The Morgan fingerprint density at radius 3 is 2.59 bits per heavy atom. The van der Waals surface area contributed by atoms with Gasteiger partial charge in [0.25, 0.3) is 11.9 Å². The molecule has 3 heterocycles. The highest BCUT2D eigenvalue weighted by Gasteiger charge is 2.28. The van der Waals surface area contributed by atoms with Crippen LogP contribution in [0.3, 0.4) is 0 Å². The van der Waals surface area contributed by atoms with Gasteiger partial charge in [-0.3, -0.25) is 4.79 Å². The number of nitrogens with zero attached hydrogens (tertiary/aromatic N) is 4. The number of hydrogen-bond donors (Lipinski definition) is 0. The number of carbonyl (C=O) groups is 1. The Hall–Kier alpha value is -2.57. The summed E-state index contributed by atoms with van der Waals surface area (Å²) in [6, 6.07) is 8.94. The number of anilines is 1. The van der Waals surface area contributed by atoms with Crippen LogP contribution in [0, 0.1) is 10.5 Å². The number of amides is 1. The molecule has 0 bridgehead atoms. The first-order chi connectivity index (χ1) is 15.2. The molecule has 0 atom stereocenters. The van der Waals surface area contributed by atoms with Crippen LogP contribution >= 0.6 is 22.6 Å². The molecule has 1 aliphatic heterocycles. The van der Waals surface area contributed by atoms with Crippen molar-refractivity contribution in [1.82, 2.24) is 14.9 Å². The summed E-state index contributed by atoms with van der Waals surface area (Å²) in [7, 11) is 0. The van der Waals surface area contributed by atoms with Gasteiger partial charge >= 0.3 is 6.18 Å². The molecule has 1 aromatic carbocycles. The molecule has 170 valence electrons. The van der Waals surface area contributed by atoms with Gasteiger partial charge in [-0.05, 0) is 59.8 Å². The SMILES string of the molecule is Cc1ccc2oc(N3CCN(C(=O)c4ccc(OCCC(F)(F)F)c(I)c4)CC3)nc2n1. The van der Waals surface area contributed by atoms with Crippen LogP contribution in [0.1, 0.15) is 22.5 Å². The molecular formula is C21H20F3IN4O3. The maximum atomic E-state index is 12.9. The van der Waals surface area contributed by atoms with Crippen LogP contribution in [0.4, 0.5) is 19.2 Å². The number of halogens is 4. The van der Waals surface area contributed by atoms with Crippen molar-refractivity contribution in [2.45, 2.75) is 19.5 Å². The number of oxazole rings is 1. The van der Waals surface area contributed by atoms with E-state index in [-0.39, 0.29) is 5.91 Å². The monoisotopic (exact) mass is 560 g/mol. The van der Waals surface area contributed by atoms with Gasteiger partial charge in [0, 0.05) is 37.4 Å². The lowest BCUT2D eigenvalue weighted by Crippen LogP contribution is -2.48. The number of carbonyl (C=O) groups excluding carboxylic acids is 1. The van der Waals surface area contributed by atoms with Crippen molar-refractivity contribution < 1.29 is 27.1 Å². The first kappa shape index (κ1) is 22.6. The standard InChI is InChI=1S/C21H20F3IN4O3/c1-13-2-4-17-18(26-13)27-20(32-17)29-9-7-28(8-10-29)19(30)14-3-5-16(15(25)12-14)31-11-6-21(22,23)24/h2-5,12H,6-11H2,1H3. The van der Waals surface area contributed by atoms with Crippen molar-refractivity contribution in [3.05, 3.63) is 45.2 Å². The molecule has 0 spiro atoms. The summed E-state index contributed by atoms with van der Waals surface area (Å²) < 4.78 is 48.5. The fourth-order valence-electron chi connectivity index (χ4n) is 3.35. The molecule has 0 saturated carbocycles. The zero-order chi connectivity index (χ0) is 22.9. The summed E-state index contributed by atoms with van der Waals surface area (Å²) in [6.07, 6.45) is -5.29. The van der Waals surface area contributed by atoms with E-state index in [1.165, 1.54) is 6.07 Å². The minimum atomic E-state index is -4.27. The number of alkyl halides is 3. The number of aryl methyl sites for hydroxylation is 1. The molecule has 0 unspecified atom stereocenters. The third-order valence-corrected chi connectivity index (χ3v) is 5.88. The maximum absolute atomic E-state index is 12.9. The zero-order valence-electron chi connectivity index (χ0n) is 17.2. The van der Waals surface area contributed by atoms with Crippen molar-refractivity contribution >= 4 is 45.7 Å².